The summed E-state index contributed by atoms with van der Waals surface area (Å²) >= 11 is 0. The number of hydrogen-bond donors (Lipinski definition) is 2. The summed E-state index contributed by atoms with van der Waals surface area (Å²) in [5, 5.41) is 0. The molecule has 4 nitrogen and oxygen atoms in total. The average Bonchev–Trinajstić information content (AvgIpc) is 2.51. The van der Waals surface area contributed by atoms with Crippen LogP contribution in [0.2, 0.25) is 0 Å². The number of nitrogens with two attached hydrogens (primary N) is 2. The second-order valence-corrected chi connectivity index (χ2v) is 5.38. The number of hydrogen-bond acceptors (Lipinski definition) is 4. The molecule has 0 aliphatic carbocycles. The molecule has 0 atom stereocenters. The fourth-order valence-electron chi connectivity index (χ4n) is 2.13. The van der Waals surface area contributed by atoms with Gasteiger partial charge in [-0.2, -0.15) is 0 Å². The minimum Gasteiger partial charge on any atom is -0.491 e. The van der Waals surface area contributed by atoms with Crippen molar-refractivity contribution in [2.24, 2.45) is 0 Å². The molecule has 0 aliphatic heterocycles. The van der Waals surface area contributed by atoms with E-state index >= 15 is 0 Å². The SMILES string of the molecule is Cc1cccc(OCCCCOc2cccc(C)c2N)c1N. The van der Waals surface area contributed by atoms with Gasteiger partial charge in [0.25, 0.3) is 0 Å². The molecule has 2 rings (SSSR count). The van der Waals surface area contributed by atoms with Crippen LogP contribution in [0.5, 0.6) is 11.5 Å². The van der Waals surface area contributed by atoms with E-state index in [-0.39, 0.29) is 0 Å². The van der Waals surface area contributed by atoms with Crippen LogP contribution in [0, 0.1) is 13.8 Å². The number of anilines is 2. The van der Waals surface area contributed by atoms with Crippen LogP contribution in [0.4, 0.5) is 11.4 Å². The van der Waals surface area contributed by atoms with E-state index in [1.54, 1.807) is 0 Å². The molecule has 0 saturated heterocycles. The minimum absolute atomic E-state index is 0.625. The highest BCUT2D eigenvalue weighted by molar-refractivity contribution is 5.58. The molecule has 0 amide bonds. The first-order valence-corrected chi connectivity index (χ1v) is 7.55. The number of unbranched alkanes of at least 4 members (excludes halogenated alkanes) is 1. The quantitative estimate of drug-likeness (QED) is 0.604. The second-order valence-electron chi connectivity index (χ2n) is 5.38. The number of aryl methyl sites for hydroxylation is 2. The molecule has 0 saturated carbocycles. The molecule has 0 aliphatic rings. The molecule has 0 unspecified atom stereocenters. The van der Waals surface area contributed by atoms with Crippen LogP contribution < -0.4 is 20.9 Å². The van der Waals surface area contributed by atoms with Gasteiger partial charge in [0.15, 0.2) is 0 Å². The topological polar surface area (TPSA) is 70.5 Å². The standard InChI is InChI=1S/C18H24N2O2/c1-13-7-5-9-15(17(13)19)21-11-3-4-12-22-16-10-6-8-14(2)18(16)20/h5-10H,3-4,11-12,19-20H2,1-2H3. The molecule has 0 aromatic heterocycles. The zero-order valence-electron chi connectivity index (χ0n) is 13.3. The van der Waals surface area contributed by atoms with Crippen molar-refractivity contribution in [1.29, 1.82) is 0 Å². The number of ether oxygens (including phenoxy) is 2. The molecule has 4 heteroatoms. The highest BCUT2D eigenvalue weighted by Gasteiger charge is 2.04. The van der Waals surface area contributed by atoms with E-state index in [1.807, 2.05) is 50.2 Å². The number of para-hydroxylation sites is 2. The van der Waals surface area contributed by atoms with Gasteiger partial charge in [-0.15, -0.1) is 0 Å². The summed E-state index contributed by atoms with van der Waals surface area (Å²) < 4.78 is 11.4. The van der Waals surface area contributed by atoms with Gasteiger partial charge in [0.05, 0.1) is 24.6 Å². The van der Waals surface area contributed by atoms with Gasteiger partial charge in [-0.1, -0.05) is 24.3 Å². The van der Waals surface area contributed by atoms with Crippen LogP contribution in [-0.4, -0.2) is 13.2 Å². The Kier molecular flexibility index (Phi) is 5.53. The normalized spacial score (nSPS) is 10.5. The van der Waals surface area contributed by atoms with Gasteiger partial charge in [-0.3, -0.25) is 0 Å². The summed E-state index contributed by atoms with van der Waals surface area (Å²) in [4.78, 5) is 0. The van der Waals surface area contributed by atoms with E-state index in [0.29, 0.717) is 24.6 Å². The lowest BCUT2D eigenvalue weighted by molar-refractivity contribution is 0.268. The van der Waals surface area contributed by atoms with Gasteiger partial charge in [-0.05, 0) is 49.9 Å². The van der Waals surface area contributed by atoms with E-state index in [9.17, 15) is 0 Å². The predicted octanol–water partition coefficient (Wildman–Crippen LogP) is 3.71. The monoisotopic (exact) mass is 300 g/mol. The molecule has 0 spiro atoms. The molecule has 2 aromatic rings. The zero-order chi connectivity index (χ0) is 15.9. The van der Waals surface area contributed by atoms with Crippen molar-refractivity contribution in [2.45, 2.75) is 26.7 Å². The van der Waals surface area contributed by atoms with Crippen molar-refractivity contribution in [2.75, 3.05) is 24.7 Å². The Morgan fingerprint density at radius 2 is 1.14 bits per heavy atom. The summed E-state index contributed by atoms with van der Waals surface area (Å²) in [5.41, 5.74) is 15.4. The smallest absolute Gasteiger partial charge is 0.142 e. The highest BCUT2D eigenvalue weighted by Crippen LogP contribution is 2.25. The first-order chi connectivity index (χ1) is 10.6. The van der Waals surface area contributed by atoms with E-state index < -0.39 is 0 Å². The highest BCUT2D eigenvalue weighted by atomic mass is 16.5. The minimum atomic E-state index is 0.625. The predicted molar refractivity (Wildman–Crippen MR) is 91.4 cm³/mol. The molecular formula is C18H24N2O2. The van der Waals surface area contributed by atoms with Crippen LogP contribution in [0.25, 0.3) is 0 Å². The van der Waals surface area contributed by atoms with Gasteiger partial charge in [0.2, 0.25) is 0 Å². The third-order valence-electron chi connectivity index (χ3n) is 3.62. The zero-order valence-corrected chi connectivity index (χ0v) is 13.3. The lowest BCUT2D eigenvalue weighted by atomic mass is 10.2. The Hall–Kier alpha value is -2.36. The van der Waals surface area contributed by atoms with Crippen molar-refractivity contribution >= 4 is 11.4 Å². The Bertz CT molecular complexity index is 571. The summed E-state index contributed by atoms with van der Waals surface area (Å²) in [7, 11) is 0. The largest absolute Gasteiger partial charge is 0.491 e. The lowest BCUT2D eigenvalue weighted by Crippen LogP contribution is -2.05. The third kappa shape index (κ3) is 4.07. The van der Waals surface area contributed by atoms with Crippen molar-refractivity contribution in [3.63, 3.8) is 0 Å². The first-order valence-electron chi connectivity index (χ1n) is 7.55. The van der Waals surface area contributed by atoms with Crippen molar-refractivity contribution in [3.8, 4) is 11.5 Å². The van der Waals surface area contributed by atoms with E-state index in [1.165, 1.54) is 0 Å². The Morgan fingerprint density at radius 3 is 1.55 bits per heavy atom. The molecule has 22 heavy (non-hydrogen) atoms. The number of rotatable bonds is 7. The maximum Gasteiger partial charge on any atom is 0.142 e. The van der Waals surface area contributed by atoms with Crippen LogP contribution in [0.3, 0.4) is 0 Å². The molecule has 2 aromatic carbocycles. The second kappa shape index (κ2) is 7.59. The van der Waals surface area contributed by atoms with Gasteiger partial charge in [0.1, 0.15) is 11.5 Å². The third-order valence-corrected chi connectivity index (χ3v) is 3.62. The molecule has 0 fully saturated rings. The number of benzene rings is 2. The fourth-order valence-corrected chi connectivity index (χ4v) is 2.13. The summed E-state index contributed by atoms with van der Waals surface area (Å²) in [5.74, 6) is 1.51. The number of nitrogen functional groups attached to an aromatic ring is 2. The fraction of sp³-hybridized carbons (Fsp3) is 0.333. The van der Waals surface area contributed by atoms with Crippen LogP contribution in [-0.2, 0) is 0 Å². The molecule has 0 bridgehead atoms. The molecule has 0 radical (unpaired) electrons. The van der Waals surface area contributed by atoms with Crippen molar-refractivity contribution in [3.05, 3.63) is 47.5 Å². The summed E-state index contributed by atoms with van der Waals surface area (Å²) in [6, 6.07) is 11.6. The van der Waals surface area contributed by atoms with E-state index in [2.05, 4.69) is 0 Å². The van der Waals surface area contributed by atoms with Gasteiger partial charge in [0, 0.05) is 0 Å². The molecular weight excluding hydrogens is 276 g/mol. The van der Waals surface area contributed by atoms with Crippen LogP contribution in [0.15, 0.2) is 36.4 Å². The van der Waals surface area contributed by atoms with E-state index in [0.717, 1.165) is 35.5 Å². The maximum absolute atomic E-state index is 5.97. The molecule has 4 N–H and O–H groups in total. The summed E-state index contributed by atoms with van der Waals surface area (Å²) in [6.07, 6.45) is 1.80. The maximum atomic E-state index is 5.97. The average molecular weight is 300 g/mol. The van der Waals surface area contributed by atoms with Gasteiger partial charge >= 0.3 is 0 Å². The first kappa shape index (κ1) is 16.0. The van der Waals surface area contributed by atoms with Crippen LogP contribution >= 0.6 is 0 Å². The van der Waals surface area contributed by atoms with E-state index in [4.69, 9.17) is 20.9 Å². The van der Waals surface area contributed by atoms with Crippen LogP contribution in [0.1, 0.15) is 24.0 Å². The van der Waals surface area contributed by atoms with Crippen molar-refractivity contribution < 1.29 is 9.47 Å². The summed E-state index contributed by atoms with van der Waals surface area (Å²) in [6.45, 7) is 5.20. The lowest BCUT2D eigenvalue weighted by Gasteiger charge is -2.12. The van der Waals surface area contributed by atoms with Gasteiger partial charge < -0.3 is 20.9 Å². The Morgan fingerprint density at radius 1 is 0.727 bits per heavy atom. The Balaban J connectivity index is 1.70. The van der Waals surface area contributed by atoms with Crippen molar-refractivity contribution in [1.82, 2.24) is 0 Å². The van der Waals surface area contributed by atoms with Gasteiger partial charge in [-0.25, -0.2) is 0 Å². The Labute approximate surface area is 132 Å². The molecule has 0 heterocycles. The molecule has 118 valence electrons.